The molecule has 0 aliphatic carbocycles. The fourth-order valence-electron chi connectivity index (χ4n) is 2.56. The van der Waals surface area contributed by atoms with Crippen molar-refractivity contribution in [3.05, 3.63) is 35.4 Å². The monoisotopic (exact) mass is 313 g/mol. The molecule has 1 aliphatic heterocycles. The van der Waals surface area contributed by atoms with Crippen molar-refractivity contribution in [2.45, 2.75) is 25.9 Å². The Kier molecular flexibility index (Phi) is 8.35. The summed E-state index contributed by atoms with van der Waals surface area (Å²) in [7, 11) is 1.40. The molecule has 4 nitrogen and oxygen atoms in total. The molecule has 2 rings (SSSR count). The minimum Gasteiger partial charge on any atom is -0.465 e. The van der Waals surface area contributed by atoms with Crippen LogP contribution in [0.25, 0.3) is 0 Å². The Balaban J connectivity index is 0.00000220. The topological polar surface area (TPSA) is 47.6 Å². The van der Waals surface area contributed by atoms with Gasteiger partial charge in [-0.05, 0) is 49.9 Å². The van der Waals surface area contributed by atoms with Crippen LogP contribution in [0.15, 0.2) is 24.3 Å². The number of carbonyl (C=O) groups excluding carboxylic acids is 1. The van der Waals surface area contributed by atoms with Gasteiger partial charge in [-0.25, -0.2) is 4.79 Å². The van der Waals surface area contributed by atoms with E-state index in [0.717, 1.165) is 37.6 Å². The van der Waals surface area contributed by atoms with Crippen molar-refractivity contribution in [3.63, 3.8) is 0 Å². The normalized spacial score (nSPS) is 15.3. The SMILES string of the molecule is COC(=O)c1ccccc1COCCC1CCNCC1.Cl. The number of carbonyl (C=O) groups is 1. The second-order valence-electron chi connectivity index (χ2n) is 5.18. The summed E-state index contributed by atoms with van der Waals surface area (Å²) in [6.07, 6.45) is 3.58. The number of halogens is 1. The van der Waals surface area contributed by atoms with Crippen LogP contribution >= 0.6 is 12.4 Å². The van der Waals surface area contributed by atoms with E-state index in [1.165, 1.54) is 20.0 Å². The van der Waals surface area contributed by atoms with E-state index in [0.29, 0.717) is 12.2 Å². The minimum absolute atomic E-state index is 0. The highest BCUT2D eigenvalue weighted by molar-refractivity contribution is 5.90. The first kappa shape index (κ1) is 18.0. The molecule has 0 radical (unpaired) electrons. The summed E-state index contributed by atoms with van der Waals surface area (Å²) < 4.78 is 10.5. The molecule has 1 saturated heterocycles. The zero-order valence-corrected chi connectivity index (χ0v) is 13.3. The number of hydrogen-bond acceptors (Lipinski definition) is 4. The Morgan fingerprint density at radius 3 is 2.71 bits per heavy atom. The van der Waals surface area contributed by atoms with Gasteiger partial charge in [0.05, 0.1) is 19.3 Å². The van der Waals surface area contributed by atoms with Gasteiger partial charge in [0.15, 0.2) is 0 Å². The van der Waals surface area contributed by atoms with Gasteiger partial charge in [0.2, 0.25) is 0 Å². The molecule has 0 saturated carbocycles. The van der Waals surface area contributed by atoms with Crippen LogP contribution in [0.3, 0.4) is 0 Å². The van der Waals surface area contributed by atoms with Crippen LogP contribution in [0, 0.1) is 5.92 Å². The largest absolute Gasteiger partial charge is 0.465 e. The van der Waals surface area contributed by atoms with Crippen LogP contribution in [0.4, 0.5) is 0 Å². The molecule has 0 atom stereocenters. The van der Waals surface area contributed by atoms with Gasteiger partial charge < -0.3 is 14.8 Å². The molecule has 1 aromatic carbocycles. The van der Waals surface area contributed by atoms with Crippen molar-refractivity contribution in [1.29, 1.82) is 0 Å². The first-order valence-corrected chi connectivity index (χ1v) is 7.26. The molecule has 0 spiro atoms. The summed E-state index contributed by atoms with van der Waals surface area (Å²) in [5, 5.41) is 3.37. The molecule has 21 heavy (non-hydrogen) atoms. The third kappa shape index (κ3) is 5.65. The summed E-state index contributed by atoms with van der Waals surface area (Å²) in [5.74, 6) is 0.467. The molecule has 118 valence electrons. The quantitative estimate of drug-likeness (QED) is 0.648. The maximum Gasteiger partial charge on any atom is 0.338 e. The summed E-state index contributed by atoms with van der Waals surface area (Å²) in [4.78, 5) is 11.6. The highest BCUT2D eigenvalue weighted by Gasteiger charge is 2.13. The van der Waals surface area contributed by atoms with Gasteiger partial charge in [0.1, 0.15) is 0 Å². The number of benzene rings is 1. The van der Waals surface area contributed by atoms with E-state index in [1.54, 1.807) is 6.07 Å². The lowest BCUT2D eigenvalue weighted by Gasteiger charge is -2.22. The zero-order chi connectivity index (χ0) is 14.2. The predicted octanol–water partition coefficient (Wildman–Crippen LogP) is 2.80. The van der Waals surface area contributed by atoms with Crippen molar-refractivity contribution in [2.75, 3.05) is 26.8 Å². The maximum absolute atomic E-state index is 11.6. The van der Waals surface area contributed by atoms with Crippen LogP contribution in [-0.4, -0.2) is 32.8 Å². The fraction of sp³-hybridized carbons (Fsp3) is 0.562. The minimum atomic E-state index is -0.303. The summed E-state index contributed by atoms with van der Waals surface area (Å²) in [5.41, 5.74) is 1.49. The molecule has 1 heterocycles. The van der Waals surface area contributed by atoms with E-state index in [2.05, 4.69) is 5.32 Å². The van der Waals surface area contributed by atoms with Crippen molar-refractivity contribution < 1.29 is 14.3 Å². The number of rotatable bonds is 6. The zero-order valence-electron chi connectivity index (χ0n) is 12.5. The summed E-state index contributed by atoms with van der Waals surface area (Å²) in [6.45, 7) is 3.46. The fourth-order valence-corrected chi connectivity index (χ4v) is 2.56. The van der Waals surface area contributed by atoms with Gasteiger partial charge in [0, 0.05) is 6.61 Å². The van der Waals surface area contributed by atoms with E-state index in [1.807, 2.05) is 18.2 Å². The summed E-state index contributed by atoms with van der Waals surface area (Å²) >= 11 is 0. The van der Waals surface area contributed by atoms with Crippen molar-refractivity contribution >= 4 is 18.4 Å². The molecule has 0 unspecified atom stereocenters. The number of hydrogen-bond donors (Lipinski definition) is 1. The standard InChI is InChI=1S/C16H23NO3.ClH/c1-19-16(18)15-5-3-2-4-14(15)12-20-11-8-13-6-9-17-10-7-13;/h2-5,13,17H,6-12H2,1H3;1H. The lowest BCUT2D eigenvalue weighted by molar-refractivity contribution is 0.0589. The highest BCUT2D eigenvalue weighted by Crippen LogP contribution is 2.17. The third-order valence-corrected chi connectivity index (χ3v) is 3.81. The summed E-state index contributed by atoms with van der Waals surface area (Å²) in [6, 6.07) is 7.44. The van der Waals surface area contributed by atoms with E-state index in [9.17, 15) is 4.79 Å². The Hall–Kier alpha value is -1.10. The average molecular weight is 314 g/mol. The number of methoxy groups -OCH3 is 1. The smallest absolute Gasteiger partial charge is 0.338 e. The molecule has 1 fully saturated rings. The lowest BCUT2D eigenvalue weighted by Crippen LogP contribution is -2.28. The molecule has 1 aromatic rings. The first-order chi connectivity index (χ1) is 9.81. The van der Waals surface area contributed by atoms with E-state index >= 15 is 0 Å². The van der Waals surface area contributed by atoms with E-state index in [-0.39, 0.29) is 18.4 Å². The Labute approximate surface area is 132 Å². The van der Waals surface area contributed by atoms with Gasteiger partial charge in [-0.15, -0.1) is 12.4 Å². The van der Waals surface area contributed by atoms with Crippen LogP contribution in [0.2, 0.25) is 0 Å². The molecular formula is C16H24ClNO3. The van der Waals surface area contributed by atoms with Gasteiger partial charge in [0.25, 0.3) is 0 Å². The molecule has 0 bridgehead atoms. The second kappa shape index (κ2) is 9.77. The molecular weight excluding hydrogens is 290 g/mol. The van der Waals surface area contributed by atoms with Gasteiger partial charge in [-0.3, -0.25) is 0 Å². The molecule has 0 aromatic heterocycles. The van der Waals surface area contributed by atoms with Gasteiger partial charge >= 0.3 is 5.97 Å². The average Bonchev–Trinajstić information content (AvgIpc) is 2.52. The predicted molar refractivity (Wildman–Crippen MR) is 84.9 cm³/mol. The first-order valence-electron chi connectivity index (χ1n) is 7.26. The number of piperidine rings is 1. The van der Waals surface area contributed by atoms with Crippen molar-refractivity contribution in [3.8, 4) is 0 Å². The number of esters is 1. The maximum atomic E-state index is 11.6. The Morgan fingerprint density at radius 2 is 2.00 bits per heavy atom. The number of nitrogens with one attached hydrogen (secondary N) is 1. The third-order valence-electron chi connectivity index (χ3n) is 3.81. The van der Waals surface area contributed by atoms with Crippen LogP contribution in [0.5, 0.6) is 0 Å². The highest BCUT2D eigenvalue weighted by atomic mass is 35.5. The molecule has 1 aliphatic rings. The number of ether oxygens (including phenoxy) is 2. The van der Waals surface area contributed by atoms with Gasteiger partial charge in [-0.2, -0.15) is 0 Å². The Bertz CT molecular complexity index is 433. The van der Waals surface area contributed by atoms with Crippen molar-refractivity contribution in [2.24, 2.45) is 5.92 Å². The molecule has 1 N–H and O–H groups in total. The molecule has 0 amide bonds. The molecule has 5 heteroatoms. The Morgan fingerprint density at radius 1 is 1.29 bits per heavy atom. The van der Waals surface area contributed by atoms with Crippen molar-refractivity contribution in [1.82, 2.24) is 5.32 Å². The van der Waals surface area contributed by atoms with Gasteiger partial charge in [-0.1, -0.05) is 18.2 Å². The van der Waals surface area contributed by atoms with E-state index in [4.69, 9.17) is 9.47 Å². The van der Waals surface area contributed by atoms with Crippen LogP contribution in [-0.2, 0) is 16.1 Å². The van der Waals surface area contributed by atoms with E-state index < -0.39 is 0 Å². The van der Waals surface area contributed by atoms with Crippen LogP contribution in [0.1, 0.15) is 35.2 Å². The second-order valence-corrected chi connectivity index (χ2v) is 5.18. The van der Waals surface area contributed by atoms with Crippen LogP contribution < -0.4 is 5.32 Å². The lowest BCUT2D eigenvalue weighted by atomic mass is 9.95.